The Hall–Kier alpha value is -4.86. The molecule has 0 unspecified atom stereocenters. The van der Waals surface area contributed by atoms with E-state index < -0.39 is 49.4 Å². The van der Waals surface area contributed by atoms with Crippen LogP contribution in [0.4, 0.5) is 16.2 Å². The lowest BCUT2D eigenvalue weighted by Crippen LogP contribution is -2.54. The van der Waals surface area contributed by atoms with Crippen molar-refractivity contribution in [2.75, 3.05) is 35.7 Å². The molecule has 12 nitrogen and oxygen atoms in total. The highest BCUT2D eigenvalue weighted by atomic mass is 32.2. The second-order valence-electron chi connectivity index (χ2n) is 12.3. The van der Waals surface area contributed by atoms with Gasteiger partial charge in [-0.25, -0.2) is 17.9 Å². The average molecular weight is 778 g/mol. The number of hydrogen-bond donors (Lipinski definition) is 3. The van der Waals surface area contributed by atoms with Gasteiger partial charge in [0.15, 0.2) is 0 Å². The molecule has 0 saturated heterocycles. The standard InChI is InChI=1S/C38H43N5O7S3/c1-4-21-42(37(45)30-15-11-14-29(23-30)28-12-7-5-8-13-28)38(46)40-34(26-51-25-27(2)3)36(44)41-53(49,50)32-18-19-33(35(24-32)43(47)48)39-20-22-52-31-16-9-6-10-17-31/h5-19,23-24,27,34,39H,4,20-22,25-26H2,1-3H3,(H,40,46)(H,41,44)/t34-/m0/s1. The van der Waals surface area contributed by atoms with Crippen molar-refractivity contribution in [1.29, 1.82) is 0 Å². The Bertz CT molecular complexity index is 1980. The van der Waals surface area contributed by atoms with Gasteiger partial charge in [-0.3, -0.25) is 24.6 Å². The molecule has 4 aromatic rings. The Morgan fingerprint density at radius 2 is 1.55 bits per heavy atom. The SMILES string of the molecule is CCCN(C(=O)N[C@@H](CSCC(C)C)C(=O)NS(=O)(=O)c1ccc(NCCSc2ccccc2)c([N+](=O)[O-])c1)C(=O)c1cccc(-c2ccccc2)c1. The molecule has 4 rings (SSSR count). The average Bonchev–Trinajstić information content (AvgIpc) is 3.15. The van der Waals surface area contributed by atoms with Gasteiger partial charge in [0.1, 0.15) is 11.7 Å². The zero-order valence-corrected chi connectivity index (χ0v) is 32.1. The maximum absolute atomic E-state index is 13.7. The number of nitrogens with one attached hydrogen (secondary N) is 3. The summed E-state index contributed by atoms with van der Waals surface area (Å²) in [5.41, 5.74) is 1.59. The van der Waals surface area contributed by atoms with Crippen LogP contribution in [0.2, 0.25) is 0 Å². The first-order valence-corrected chi connectivity index (χ1v) is 20.6. The molecule has 0 aromatic heterocycles. The third-order valence-corrected chi connectivity index (χ3v) is 11.5. The highest BCUT2D eigenvalue weighted by molar-refractivity contribution is 7.99. The minimum atomic E-state index is -4.61. The van der Waals surface area contributed by atoms with Gasteiger partial charge >= 0.3 is 6.03 Å². The number of urea groups is 1. The number of hydrogen-bond acceptors (Lipinski definition) is 10. The van der Waals surface area contributed by atoms with Crippen LogP contribution >= 0.6 is 23.5 Å². The van der Waals surface area contributed by atoms with Crippen molar-refractivity contribution in [3.05, 3.63) is 119 Å². The number of carbonyl (C=O) groups is 3. The Morgan fingerprint density at radius 3 is 2.21 bits per heavy atom. The van der Waals surface area contributed by atoms with Crippen LogP contribution in [-0.2, 0) is 14.8 Å². The van der Waals surface area contributed by atoms with E-state index >= 15 is 0 Å². The fraction of sp³-hybridized carbons (Fsp3) is 0.289. The molecule has 4 aromatic carbocycles. The van der Waals surface area contributed by atoms with Gasteiger partial charge in [0.2, 0.25) is 0 Å². The minimum Gasteiger partial charge on any atom is -0.379 e. The number of nitrogens with zero attached hydrogens (tertiary/aromatic N) is 2. The fourth-order valence-corrected chi connectivity index (χ4v) is 7.99. The lowest BCUT2D eigenvalue weighted by Gasteiger charge is -2.25. The number of sulfonamides is 1. The number of anilines is 1. The van der Waals surface area contributed by atoms with Crippen LogP contribution in [0.5, 0.6) is 0 Å². The van der Waals surface area contributed by atoms with Crippen molar-refractivity contribution in [1.82, 2.24) is 14.9 Å². The monoisotopic (exact) mass is 777 g/mol. The quantitative estimate of drug-likeness (QED) is 0.0404. The van der Waals surface area contributed by atoms with Gasteiger partial charge in [0, 0.05) is 41.1 Å². The summed E-state index contributed by atoms with van der Waals surface area (Å²) in [6.45, 7) is 6.16. The predicted octanol–water partition coefficient (Wildman–Crippen LogP) is 7.29. The smallest absolute Gasteiger partial charge is 0.325 e. The Labute approximate surface area is 318 Å². The number of thioether (sulfide) groups is 2. The zero-order valence-electron chi connectivity index (χ0n) is 29.7. The molecule has 0 fully saturated rings. The van der Waals surface area contributed by atoms with E-state index in [9.17, 15) is 32.9 Å². The van der Waals surface area contributed by atoms with E-state index in [1.165, 1.54) is 23.9 Å². The molecule has 0 aliphatic carbocycles. The molecular weight excluding hydrogens is 735 g/mol. The van der Waals surface area contributed by atoms with E-state index in [0.717, 1.165) is 27.0 Å². The normalized spacial score (nSPS) is 11.8. The molecule has 280 valence electrons. The van der Waals surface area contributed by atoms with Crippen molar-refractivity contribution in [3.63, 3.8) is 0 Å². The van der Waals surface area contributed by atoms with Gasteiger partial charge in [-0.2, -0.15) is 11.8 Å². The molecule has 0 saturated carbocycles. The van der Waals surface area contributed by atoms with Gasteiger partial charge in [0.05, 0.1) is 9.82 Å². The molecule has 15 heteroatoms. The van der Waals surface area contributed by atoms with Crippen LogP contribution in [-0.4, -0.2) is 72.5 Å². The summed E-state index contributed by atoms with van der Waals surface area (Å²) in [5, 5.41) is 17.5. The Balaban J connectivity index is 1.50. The van der Waals surface area contributed by atoms with Crippen molar-refractivity contribution < 1.29 is 27.7 Å². The highest BCUT2D eigenvalue weighted by Gasteiger charge is 2.31. The molecule has 0 bridgehead atoms. The number of nitro benzene ring substituents is 1. The van der Waals surface area contributed by atoms with Crippen molar-refractivity contribution >= 4 is 62.8 Å². The maximum atomic E-state index is 13.7. The number of benzene rings is 4. The van der Waals surface area contributed by atoms with Crippen LogP contribution in [0.25, 0.3) is 11.1 Å². The van der Waals surface area contributed by atoms with E-state index in [2.05, 4.69) is 10.6 Å². The maximum Gasteiger partial charge on any atom is 0.325 e. The number of nitro groups is 1. The number of imide groups is 1. The van der Waals surface area contributed by atoms with Crippen LogP contribution in [0.15, 0.2) is 113 Å². The van der Waals surface area contributed by atoms with Crippen LogP contribution in [0.3, 0.4) is 0 Å². The van der Waals surface area contributed by atoms with Crippen molar-refractivity contribution in [2.45, 2.75) is 43.0 Å². The first kappa shape index (κ1) is 40.9. The molecule has 1 atom stereocenters. The number of amides is 4. The van der Waals surface area contributed by atoms with Gasteiger partial charge in [-0.05, 0) is 65.6 Å². The van der Waals surface area contributed by atoms with Crippen LogP contribution < -0.4 is 15.4 Å². The third kappa shape index (κ3) is 12.1. The molecule has 3 N–H and O–H groups in total. The van der Waals surface area contributed by atoms with Crippen LogP contribution in [0, 0.1) is 16.0 Å². The molecule has 0 spiro atoms. The van der Waals surface area contributed by atoms with Crippen molar-refractivity contribution in [3.8, 4) is 11.1 Å². The van der Waals surface area contributed by atoms with Gasteiger partial charge in [0.25, 0.3) is 27.5 Å². The number of rotatable bonds is 18. The Kier molecular flexibility index (Phi) is 15.3. The number of carbonyl (C=O) groups excluding carboxylic acids is 3. The van der Waals surface area contributed by atoms with E-state index in [4.69, 9.17) is 0 Å². The molecule has 0 radical (unpaired) electrons. The third-order valence-electron chi connectivity index (χ3n) is 7.64. The minimum absolute atomic E-state index is 0.00687. The molecule has 4 amide bonds. The summed E-state index contributed by atoms with van der Waals surface area (Å²) in [6.07, 6.45) is 0.431. The summed E-state index contributed by atoms with van der Waals surface area (Å²) in [4.78, 5) is 53.7. The highest BCUT2D eigenvalue weighted by Crippen LogP contribution is 2.28. The second kappa shape index (κ2) is 19.8. The lowest BCUT2D eigenvalue weighted by molar-refractivity contribution is -0.384. The summed E-state index contributed by atoms with van der Waals surface area (Å²) in [6, 6.07) is 27.1. The van der Waals surface area contributed by atoms with E-state index in [0.29, 0.717) is 24.5 Å². The van der Waals surface area contributed by atoms with Crippen molar-refractivity contribution in [2.24, 2.45) is 5.92 Å². The summed E-state index contributed by atoms with van der Waals surface area (Å²) in [7, 11) is -4.61. The second-order valence-corrected chi connectivity index (χ2v) is 16.3. The van der Waals surface area contributed by atoms with Gasteiger partial charge < -0.3 is 10.6 Å². The summed E-state index contributed by atoms with van der Waals surface area (Å²) in [5.74, 6) is -0.174. The zero-order chi connectivity index (χ0) is 38.4. The molecule has 0 heterocycles. The van der Waals surface area contributed by atoms with Gasteiger partial charge in [-0.1, -0.05) is 81.4 Å². The summed E-state index contributed by atoms with van der Waals surface area (Å²) >= 11 is 2.89. The van der Waals surface area contributed by atoms with Gasteiger partial charge in [-0.15, -0.1) is 11.8 Å². The topological polar surface area (TPSA) is 168 Å². The predicted molar refractivity (Wildman–Crippen MR) is 212 cm³/mol. The van der Waals surface area contributed by atoms with Crippen LogP contribution in [0.1, 0.15) is 37.6 Å². The first-order valence-electron chi connectivity index (χ1n) is 17.0. The van der Waals surface area contributed by atoms with E-state index in [1.54, 1.807) is 36.9 Å². The molecule has 53 heavy (non-hydrogen) atoms. The largest absolute Gasteiger partial charge is 0.379 e. The summed E-state index contributed by atoms with van der Waals surface area (Å²) < 4.78 is 28.9. The molecular formula is C38H43N5O7S3. The first-order chi connectivity index (χ1) is 25.4. The molecule has 0 aliphatic heterocycles. The fourth-order valence-electron chi connectivity index (χ4n) is 5.08. The lowest BCUT2D eigenvalue weighted by atomic mass is 10.0. The molecule has 0 aliphatic rings. The van der Waals surface area contributed by atoms with E-state index in [1.807, 2.05) is 85.3 Å². The Morgan fingerprint density at radius 1 is 0.868 bits per heavy atom. The van der Waals surface area contributed by atoms with E-state index in [-0.39, 0.29) is 29.5 Å².